The minimum absolute atomic E-state index is 0.103. The van der Waals surface area contributed by atoms with Crippen LogP contribution in [0.4, 0.5) is 5.69 Å². The van der Waals surface area contributed by atoms with Gasteiger partial charge in [0.2, 0.25) is 5.89 Å². The largest absolute Gasteiger partial charge is 0.436 e. The van der Waals surface area contributed by atoms with Gasteiger partial charge in [0.15, 0.2) is 15.4 Å². The first-order valence-electron chi connectivity index (χ1n) is 9.13. The highest BCUT2D eigenvalue weighted by molar-refractivity contribution is 7.90. The third-order valence-electron chi connectivity index (χ3n) is 4.52. The Morgan fingerprint density at radius 3 is 2.65 bits per heavy atom. The SMILES string of the molecule is Cc1cncc(-c2nc3cc(NC(=O)c4cc(C#N)ccc4S(C)(=O)=O)ccc3o2)c1. The van der Waals surface area contributed by atoms with Crippen LogP contribution in [0.15, 0.2) is 64.2 Å². The number of oxazole rings is 1. The van der Waals surface area contributed by atoms with Crippen molar-refractivity contribution in [2.24, 2.45) is 0 Å². The van der Waals surface area contributed by atoms with Crippen LogP contribution in [-0.2, 0) is 9.84 Å². The maximum absolute atomic E-state index is 12.8. The minimum atomic E-state index is -3.66. The van der Waals surface area contributed by atoms with Crippen LogP contribution in [0.25, 0.3) is 22.6 Å². The second-order valence-electron chi connectivity index (χ2n) is 7.00. The van der Waals surface area contributed by atoms with Crippen molar-refractivity contribution >= 4 is 32.5 Å². The van der Waals surface area contributed by atoms with Gasteiger partial charge in [0, 0.05) is 24.3 Å². The van der Waals surface area contributed by atoms with Crippen molar-refractivity contribution in [1.29, 1.82) is 5.26 Å². The van der Waals surface area contributed by atoms with E-state index in [1.165, 1.54) is 18.2 Å². The van der Waals surface area contributed by atoms with Crippen LogP contribution in [0.2, 0.25) is 0 Å². The zero-order valence-corrected chi connectivity index (χ0v) is 17.4. The van der Waals surface area contributed by atoms with E-state index < -0.39 is 15.7 Å². The van der Waals surface area contributed by atoms with E-state index >= 15 is 0 Å². The number of sulfone groups is 1. The molecule has 0 aliphatic rings. The van der Waals surface area contributed by atoms with Gasteiger partial charge < -0.3 is 9.73 Å². The molecule has 0 saturated carbocycles. The molecule has 2 heterocycles. The standard InChI is InChI=1S/C22H16N4O4S/c1-13-7-15(12-24-11-13)22-26-18-9-16(4-5-19(18)30-22)25-21(27)17-8-14(10-23)3-6-20(17)31(2,28)29/h3-9,11-12H,1-2H3,(H,25,27). The molecule has 0 spiro atoms. The van der Waals surface area contributed by atoms with Gasteiger partial charge in [-0.3, -0.25) is 9.78 Å². The second-order valence-corrected chi connectivity index (χ2v) is 8.99. The quantitative estimate of drug-likeness (QED) is 0.521. The Kier molecular flexibility index (Phi) is 5.01. The Morgan fingerprint density at radius 1 is 1.13 bits per heavy atom. The predicted molar refractivity (Wildman–Crippen MR) is 114 cm³/mol. The first-order chi connectivity index (χ1) is 14.7. The molecule has 2 aromatic carbocycles. The zero-order valence-electron chi connectivity index (χ0n) is 16.6. The van der Waals surface area contributed by atoms with Gasteiger partial charge in [0.25, 0.3) is 5.91 Å². The summed E-state index contributed by atoms with van der Waals surface area (Å²) >= 11 is 0. The minimum Gasteiger partial charge on any atom is -0.436 e. The molecule has 0 atom stereocenters. The van der Waals surface area contributed by atoms with Gasteiger partial charge in [0.05, 0.1) is 27.7 Å². The summed E-state index contributed by atoms with van der Waals surface area (Å²) in [7, 11) is -3.66. The smallest absolute Gasteiger partial charge is 0.257 e. The van der Waals surface area contributed by atoms with Crippen LogP contribution in [-0.4, -0.2) is 30.5 Å². The van der Waals surface area contributed by atoms with E-state index in [-0.39, 0.29) is 16.0 Å². The second kappa shape index (κ2) is 7.66. The summed E-state index contributed by atoms with van der Waals surface area (Å²) in [6.45, 7) is 1.92. The molecule has 154 valence electrons. The number of pyridine rings is 1. The molecule has 0 radical (unpaired) electrons. The third-order valence-corrected chi connectivity index (χ3v) is 5.68. The number of benzene rings is 2. The monoisotopic (exact) mass is 432 g/mol. The predicted octanol–water partition coefficient (Wildman–Crippen LogP) is 3.73. The summed E-state index contributed by atoms with van der Waals surface area (Å²) in [5, 5.41) is 11.8. The summed E-state index contributed by atoms with van der Waals surface area (Å²) in [4.78, 5) is 21.2. The Bertz CT molecular complexity index is 1480. The fourth-order valence-electron chi connectivity index (χ4n) is 3.10. The summed E-state index contributed by atoms with van der Waals surface area (Å²) < 4.78 is 29.9. The van der Waals surface area contributed by atoms with Crippen molar-refractivity contribution in [2.75, 3.05) is 11.6 Å². The van der Waals surface area contributed by atoms with Crippen LogP contribution in [0.1, 0.15) is 21.5 Å². The lowest BCUT2D eigenvalue weighted by Crippen LogP contribution is -2.16. The molecule has 0 bridgehead atoms. The Morgan fingerprint density at radius 2 is 1.94 bits per heavy atom. The van der Waals surface area contributed by atoms with E-state index in [0.29, 0.717) is 22.7 Å². The number of nitrogens with zero attached hydrogens (tertiary/aromatic N) is 3. The van der Waals surface area contributed by atoms with Crippen LogP contribution in [0.3, 0.4) is 0 Å². The molecular formula is C22H16N4O4S. The molecule has 0 aliphatic heterocycles. The van der Waals surface area contributed by atoms with Crippen molar-refractivity contribution in [3.05, 3.63) is 71.5 Å². The summed E-state index contributed by atoms with van der Waals surface area (Å²) in [5.41, 5.74) is 3.22. The summed E-state index contributed by atoms with van der Waals surface area (Å²) in [6, 6.07) is 12.6. The average Bonchev–Trinajstić information content (AvgIpc) is 3.16. The van der Waals surface area contributed by atoms with Gasteiger partial charge in [0.1, 0.15) is 5.52 Å². The number of rotatable bonds is 4. The highest BCUT2D eigenvalue weighted by Crippen LogP contribution is 2.27. The lowest BCUT2D eigenvalue weighted by Gasteiger charge is -2.09. The highest BCUT2D eigenvalue weighted by Gasteiger charge is 2.20. The Balaban J connectivity index is 1.68. The summed E-state index contributed by atoms with van der Waals surface area (Å²) in [5.74, 6) is -0.251. The van der Waals surface area contributed by atoms with Gasteiger partial charge >= 0.3 is 0 Å². The van der Waals surface area contributed by atoms with Gasteiger partial charge in [-0.25, -0.2) is 13.4 Å². The maximum atomic E-state index is 12.8. The van der Waals surface area contributed by atoms with Crippen molar-refractivity contribution in [1.82, 2.24) is 9.97 Å². The number of hydrogen-bond donors (Lipinski definition) is 1. The maximum Gasteiger partial charge on any atom is 0.257 e. The third kappa shape index (κ3) is 4.15. The molecule has 4 aromatic rings. The number of aromatic nitrogens is 2. The fourth-order valence-corrected chi connectivity index (χ4v) is 3.97. The van der Waals surface area contributed by atoms with Crippen LogP contribution < -0.4 is 5.32 Å². The normalized spacial score (nSPS) is 11.3. The molecule has 1 amide bonds. The van der Waals surface area contributed by atoms with Gasteiger partial charge in [-0.05, 0) is 55.0 Å². The van der Waals surface area contributed by atoms with E-state index in [1.807, 2.05) is 19.1 Å². The molecule has 4 rings (SSSR count). The Hall–Kier alpha value is -4.03. The molecule has 0 fully saturated rings. The lowest BCUT2D eigenvalue weighted by molar-refractivity contribution is 0.102. The molecule has 31 heavy (non-hydrogen) atoms. The number of fused-ring (bicyclic) bond motifs is 1. The van der Waals surface area contributed by atoms with Crippen molar-refractivity contribution < 1.29 is 17.6 Å². The van der Waals surface area contributed by atoms with Gasteiger partial charge in [-0.1, -0.05) is 0 Å². The first kappa shape index (κ1) is 20.3. The van der Waals surface area contributed by atoms with Gasteiger partial charge in [-0.2, -0.15) is 5.26 Å². The fraction of sp³-hybridized carbons (Fsp3) is 0.0909. The average molecular weight is 432 g/mol. The molecule has 2 aromatic heterocycles. The number of nitrogens with one attached hydrogen (secondary N) is 1. The number of nitriles is 1. The number of aryl methyl sites for hydroxylation is 1. The van der Waals surface area contributed by atoms with E-state index in [2.05, 4.69) is 15.3 Å². The molecule has 1 N–H and O–H groups in total. The zero-order chi connectivity index (χ0) is 22.2. The molecule has 0 unspecified atom stereocenters. The number of amides is 1. The van der Waals surface area contributed by atoms with Crippen LogP contribution in [0.5, 0.6) is 0 Å². The lowest BCUT2D eigenvalue weighted by atomic mass is 10.1. The van der Waals surface area contributed by atoms with Crippen LogP contribution in [0, 0.1) is 18.3 Å². The molecule has 0 aliphatic carbocycles. The van der Waals surface area contributed by atoms with Crippen LogP contribution >= 0.6 is 0 Å². The molecular weight excluding hydrogens is 416 g/mol. The van der Waals surface area contributed by atoms with Crippen molar-refractivity contribution in [2.45, 2.75) is 11.8 Å². The summed E-state index contributed by atoms with van der Waals surface area (Å²) in [6.07, 6.45) is 4.38. The molecule has 9 heteroatoms. The van der Waals surface area contributed by atoms with Gasteiger partial charge in [-0.15, -0.1) is 0 Å². The van der Waals surface area contributed by atoms with Crippen molar-refractivity contribution in [3.63, 3.8) is 0 Å². The number of carbonyl (C=O) groups is 1. The van der Waals surface area contributed by atoms with E-state index in [4.69, 9.17) is 9.68 Å². The number of carbonyl (C=O) groups excluding carboxylic acids is 1. The number of hydrogen-bond acceptors (Lipinski definition) is 7. The van der Waals surface area contributed by atoms with E-state index in [9.17, 15) is 13.2 Å². The molecule has 0 saturated heterocycles. The van der Waals surface area contributed by atoms with Crippen molar-refractivity contribution in [3.8, 4) is 17.5 Å². The highest BCUT2D eigenvalue weighted by atomic mass is 32.2. The van der Waals surface area contributed by atoms with E-state index in [1.54, 1.807) is 30.6 Å². The topological polar surface area (TPSA) is 126 Å². The van der Waals surface area contributed by atoms with E-state index in [0.717, 1.165) is 17.4 Å². The molecule has 8 nitrogen and oxygen atoms in total. The first-order valence-corrected chi connectivity index (χ1v) is 11.0. The number of anilines is 1. The Labute approximate surface area is 178 Å².